The number of nitrogens with two attached hydrogens (primary N) is 1. The first-order valence-corrected chi connectivity index (χ1v) is 7.32. The zero-order chi connectivity index (χ0) is 12.3. The Labute approximate surface area is 102 Å². The van der Waals surface area contributed by atoms with Crippen LogP contribution >= 0.6 is 11.6 Å². The largest absolute Gasteiger partial charge is 0.330 e. The predicted octanol–water partition coefficient (Wildman–Crippen LogP) is 2.20. The van der Waals surface area contributed by atoms with Crippen molar-refractivity contribution in [3.63, 3.8) is 0 Å². The van der Waals surface area contributed by atoms with Crippen LogP contribution in [0.2, 0.25) is 5.02 Å². The molecule has 16 heavy (non-hydrogen) atoms. The molecule has 1 atom stereocenters. The molecule has 0 aliphatic carbocycles. The highest BCUT2D eigenvalue weighted by Crippen LogP contribution is 2.25. The first-order valence-electron chi connectivity index (χ1n) is 5.05. The molecule has 0 bridgehead atoms. The number of sulfone groups is 1. The van der Waals surface area contributed by atoms with E-state index in [2.05, 4.69) is 0 Å². The Morgan fingerprint density at radius 2 is 2.00 bits per heavy atom. The van der Waals surface area contributed by atoms with E-state index in [0.29, 0.717) is 11.6 Å². The van der Waals surface area contributed by atoms with Gasteiger partial charge in [0.1, 0.15) is 0 Å². The van der Waals surface area contributed by atoms with E-state index in [1.54, 1.807) is 12.1 Å². The number of hydrogen-bond acceptors (Lipinski definition) is 3. The molecule has 0 saturated carbocycles. The van der Waals surface area contributed by atoms with Crippen LogP contribution < -0.4 is 5.73 Å². The van der Waals surface area contributed by atoms with Crippen molar-refractivity contribution in [2.45, 2.75) is 24.2 Å². The Bertz CT molecular complexity index is 471. The topological polar surface area (TPSA) is 60.2 Å². The Balaban J connectivity index is 3.18. The van der Waals surface area contributed by atoms with Gasteiger partial charge in [-0.3, -0.25) is 0 Å². The molecule has 0 fully saturated rings. The van der Waals surface area contributed by atoms with Crippen LogP contribution in [0.5, 0.6) is 0 Å². The van der Waals surface area contributed by atoms with Gasteiger partial charge in [0, 0.05) is 11.3 Å². The third kappa shape index (κ3) is 3.47. The van der Waals surface area contributed by atoms with Gasteiger partial charge in [0.05, 0.1) is 4.90 Å². The minimum absolute atomic E-state index is 0.212. The molecule has 0 saturated heterocycles. The molecule has 0 aliphatic heterocycles. The molecule has 1 aromatic rings. The lowest BCUT2D eigenvalue weighted by Crippen LogP contribution is -2.06. The third-order valence-corrected chi connectivity index (χ3v) is 3.80. The fourth-order valence-electron chi connectivity index (χ4n) is 1.50. The second-order valence-electron chi connectivity index (χ2n) is 3.97. The first-order chi connectivity index (χ1) is 7.34. The van der Waals surface area contributed by atoms with Crippen LogP contribution in [0.3, 0.4) is 0 Å². The van der Waals surface area contributed by atoms with Crippen LogP contribution in [0.1, 0.15) is 24.8 Å². The van der Waals surface area contributed by atoms with E-state index in [4.69, 9.17) is 17.3 Å². The van der Waals surface area contributed by atoms with Crippen LogP contribution in [-0.4, -0.2) is 21.2 Å². The lowest BCUT2D eigenvalue weighted by atomic mass is 9.98. The maximum absolute atomic E-state index is 11.4. The summed E-state index contributed by atoms with van der Waals surface area (Å²) in [6, 6.07) is 4.92. The molecule has 1 aromatic carbocycles. The van der Waals surface area contributed by atoms with E-state index in [1.165, 1.54) is 12.3 Å². The average Bonchev–Trinajstić information content (AvgIpc) is 2.16. The van der Waals surface area contributed by atoms with Crippen LogP contribution in [0, 0.1) is 0 Å². The molecular formula is C11H16ClNO2S. The SMILES string of the molecule is CC(CCN)c1cc(Cl)cc(S(C)(=O)=O)c1. The molecule has 0 spiro atoms. The van der Waals surface area contributed by atoms with Crippen LogP contribution in [0.4, 0.5) is 0 Å². The molecule has 0 amide bonds. The second kappa shape index (κ2) is 5.17. The third-order valence-electron chi connectivity index (χ3n) is 2.49. The summed E-state index contributed by atoms with van der Waals surface area (Å²) >= 11 is 5.90. The van der Waals surface area contributed by atoms with E-state index in [1.807, 2.05) is 6.92 Å². The highest BCUT2D eigenvalue weighted by molar-refractivity contribution is 7.90. The molecule has 3 nitrogen and oxygen atoms in total. The van der Waals surface area contributed by atoms with Crippen molar-refractivity contribution in [3.8, 4) is 0 Å². The molecule has 2 N–H and O–H groups in total. The minimum Gasteiger partial charge on any atom is -0.330 e. The van der Waals surface area contributed by atoms with Crippen molar-refractivity contribution in [3.05, 3.63) is 28.8 Å². The lowest BCUT2D eigenvalue weighted by Gasteiger charge is -2.12. The summed E-state index contributed by atoms with van der Waals surface area (Å²) in [6.45, 7) is 2.58. The fraction of sp³-hybridized carbons (Fsp3) is 0.455. The van der Waals surface area contributed by atoms with Crippen molar-refractivity contribution in [2.24, 2.45) is 5.73 Å². The molecule has 0 heterocycles. The van der Waals surface area contributed by atoms with Gasteiger partial charge in [-0.25, -0.2) is 8.42 Å². The molecule has 1 unspecified atom stereocenters. The second-order valence-corrected chi connectivity index (χ2v) is 6.42. The van der Waals surface area contributed by atoms with E-state index in [0.717, 1.165) is 12.0 Å². The van der Waals surface area contributed by atoms with Crippen molar-refractivity contribution < 1.29 is 8.42 Å². The summed E-state index contributed by atoms with van der Waals surface area (Å²) < 4.78 is 22.9. The van der Waals surface area contributed by atoms with Gasteiger partial charge in [-0.1, -0.05) is 18.5 Å². The molecule has 5 heteroatoms. The van der Waals surface area contributed by atoms with E-state index in [9.17, 15) is 8.42 Å². The highest BCUT2D eigenvalue weighted by Gasteiger charge is 2.12. The quantitative estimate of drug-likeness (QED) is 0.904. The zero-order valence-corrected chi connectivity index (χ0v) is 11.0. The van der Waals surface area contributed by atoms with Crippen molar-refractivity contribution in [1.82, 2.24) is 0 Å². The summed E-state index contributed by atoms with van der Waals surface area (Å²) in [6.07, 6.45) is 1.99. The molecule has 90 valence electrons. The monoisotopic (exact) mass is 261 g/mol. The summed E-state index contributed by atoms with van der Waals surface area (Å²) in [5.74, 6) is 0.212. The normalized spacial score (nSPS) is 13.8. The van der Waals surface area contributed by atoms with Crippen molar-refractivity contribution in [2.75, 3.05) is 12.8 Å². The van der Waals surface area contributed by atoms with Gasteiger partial charge >= 0.3 is 0 Å². The Hall–Kier alpha value is -0.580. The van der Waals surface area contributed by atoms with Gasteiger partial charge in [0.2, 0.25) is 0 Å². The van der Waals surface area contributed by atoms with Crippen molar-refractivity contribution >= 4 is 21.4 Å². The Morgan fingerprint density at radius 1 is 1.38 bits per heavy atom. The average molecular weight is 262 g/mol. The van der Waals surface area contributed by atoms with Gasteiger partial charge in [-0.2, -0.15) is 0 Å². The van der Waals surface area contributed by atoms with Gasteiger partial charge in [0.25, 0.3) is 0 Å². The Kier molecular flexibility index (Phi) is 4.35. The van der Waals surface area contributed by atoms with Crippen molar-refractivity contribution in [1.29, 1.82) is 0 Å². The zero-order valence-electron chi connectivity index (χ0n) is 9.40. The molecule has 0 aromatic heterocycles. The summed E-state index contributed by atoms with van der Waals surface area (Å²) in [7, 11) is -3.21. The summed E-state index contributed by atoms with van der Waals surface area (Å²) in [5.41, 5.74) is 6.39. The van der Waals surface area contributed by atoms with E-state index < -0.39 is 9.84 Å². The molecule has 0 radical (unpaired) electrons. The number of halogens is 1. The smallest absolute Gasteiger partial charge is 0.175 e. The van der Waals surface area contributed by atoms with Crippen LogP contribution in [-0.2, 0) is 9.84 Å². The van der Waals surface area contributed by atoms with Gasteiger partial charge in [-0.15, -0.1) is 0 Å². The maximum atomic E-state index is 11.4. The van der Waals surface area contributed by atoms with Gasteiger partial charge in [0.15, 0.2) is 9.84 Å². The minimum atomic E-state index is -3.21. The standard InChI is InChI=1S/C11H16ClNO2S/c1-8(3-4-13)9-5-10(12)7-11(6-9)16(2,14)15/h5-8H,3-4,13H2,1-2H3. The first kappa shape index (κ1) is 13.5. The summed E-state index contributed by atoms with van der Waals surface area (Å²) in [5, 5.41) is 0.446. The van der Waals surface area contributed by atoms with Crippen LogP contribution in [0.15, 0.2) is 23.1 Å². The van der Waals surface area contributed by atoms with Crippen LogP contribution in [0.25, 0.3) is 0 Å². The number of rotatable bonds is 4. The molecular weight excluding hydrogens is 246 g/mol. The number of hydrogen-bond donors (Lipinski definition) is 1. The fourth-order valence-corrected chi connectivity index (χ4v) is 2.50. The maximum Gasteiger partial charge on any atom is 0.175 e. The van der Waals surface area contributed by atoms with Gasteiger partial charge < -0.3 is 5.73 Å². The lowest BCUT2D eigenvalue weighted by molar-refractivity contribution is 0.601. The number of benzene rings is 1. The summed E-state index contributed by atoms with van der Waals surface area (Å²) in [4.78, 5) is 0.263. The molecule has 1 rings (SSSR count). The molecule has 0 aliphatic rings. The Morgan fingerprint density at radius 3 is 2.50 bits per heavy atom. The van der Waals surface area contributed by atoms with E-state index >= 15 is 0 Å². The van der Waals surface area contributed by atoms with E-state index in [-0.39, 0.29) is 10.8 Å². The highest BCUT2D eigenvalue weighted by atomic mass is 35.5. The predicted molar refractivity (Wildman–Crippen MR) is 66.6 cm³/mol. The van der Waals surface area contributed by atoms with Gasteiger partial charge in [-0.05, 0) is 42.6 Å².